The van der Waals surface area contributed by atoms with Crippen LogP contribution in [-0.4, -0.2) is 17.9 Å². The molecule has 0 fully saturated rings. The molecule has 0 heterocycles. The molecule has 154 valence electrons. The van der Waals surface area contributed by atoms with Gasteiger partial charge in [-0.1, -0.05) is 42.8 Å². The van der Waals surface area contributed by atoms with Crippen LogP contribution in [0.1, 0.15) is 34.8 Å². The molecule has 0 bridgehead atoms. The molecular formula is C25H26N2O3. The van der Waals surface area contributed by atoms with Crippen LogP contribution in [0.5, 0.6) is 5.75 Å². The number of amides is 2. The fourth-order valence-corrected chi connectivity index (χ4v) is 2.99. The van der Waals surface area contributed by atoms with Crippen molar-refractivity contribution in [2.75, 3.05) is 10.6 Å². The largest absolute Gasteiger partial charge is 0.481 e. The van der Waals surface area contributed by atoms with Gasteiger partial charge in [-0.2, -0.15) is 0 Å². The molecule has 3 aromatic rings. The van der Waals surface area contributed by atoms with Crippen molar-refractivity contribution >= 4 is 23.2 Å². The van der Waals surface area contributed by atoms with Crippen LogP contribution < -0.4 is 15.4 Å². The van der Waals surface area contributed by atoms with Crippen molar-refractivity contribution in [3.05, 3.63) is 89.5 Å². The van der Waals surface area contributed by atoms with Crippen molar-refractivity contribution in [3.8, 4) is 5.75 Å². The minimum atomic E-state index is -0.627. The molecule has 0 saturated heterocycles. The zero-order valence-electron chi connectivity index (χ0n) is 17.4. The number of nitrogens with one attached hydrogen (secondary N) is 2. The standard InChI is InChI=1S/C25H26N2O3/c1-4-23(30-22-13-11-17(2)12-14-22)25(29)27-21-10-6-8-19(16-21)24(28)26-20-9-5-7-18(3)15-20/h5-16,23H,4H2,1-3H3,(H,26,28)(H,27,29). The molecular weight excluding hydrogens is 376 g/mol. The Morgan fingerprint density at radius 2 is 1.50 bits per heavy atom. The Morgan fingerprint density at radius 1 is 0.833 bits per heavy atom. The molecule has 5 nitrogen and oxygen atoms in total. The molecule has 2 amide bonds. The van der Waals surface area contributed by atoms with Crippen LogP contribution in [-0.2, 0) is 4.79 Å². The topological polar surface area (TPSA) is 67.4 Å². The van der Waals surface area contributed by atoms with Crippen LogP contribution in [0.3, 0.4) is 0 Å². The molecule has 3 aromatic carbocycles. The number of carbonyl (C=O) groups excluding carboxylic acids is 2. The van der Waals surface area contributed by atoms with Gasteiger partial charge >= 0.3 is 0 Å². The maximum atomic E-state index is 12.7. The Labute approximate surface area is 177 Å². The summed E-state index contributed by atoms with van der Waals surface area (Å²) in [5.74, 6) is 0.155. The summed E-state index contributed by atoms with van der Waals surface area (Å²) in [6.07, 6.45) is -0.106. The molecule has 0 aliphatic rings. The smallest absolute Gasteiger partial charge is 0.265 e. The van der Waals surface area contributed by atoms with Crippen LogP contribution >= 0.6 is 0 Å². The van der Waals surface area contributed by atoms with Gasteiger partial charge in [0.05, 0.1) is 0 Å². The van der Waals surface area contributed by atoms with E-state index in [1.165, 1.54) is 0 Å². The first-order valence-corrected chi connectivity index (χ1v) is 9.97. The van der Waals surface area contributed by atoms with Crippen LogP contribution in [0.4, 0.5) is 11.4 Å². The Bertz CT molecular complexity index is 1030. The molecule has 0 saturated carbocycles. The van der Waals surface area contributed by atoms with E-state index >= 15 is 0 Å². The van der Waals surface area contributed by atoms with Gasteiger partial charge in [0.25, 0.3) is 11.8 Å². The molecule has 1 unspecified atom stereocenters. The van der Waals surface area contributed by atoms with E-state index in [-0.39, 0.29) is 11.8 Å². The molecule has 30 heavy (non-hydrogen) atoms. The van der Waals surface area contributed by atoms with Crippen molar-refractivity contribution in [1.82, 2.24) is 0 Å². The summed E-state index contributed by atoms with van der Waals surface area (Å²) < 4.78 is 5.83. The fraction of sp³-hybridized carbons (Fsp3) is 0.200. The monoisotopic (exact) mass is 402 g/mol. The number of carbonyl (C=O) groups is 2. The first-order valence-electron chi connectivity index (χ1n) is 9.97. The zero-order valence-corrected chi connectivity index (χ0v) is 17.4. The van der Waals surface area contributed by atoms with E-state index in [0.717, 1.165) is 16.8 Å². The van der Waals surface area contributed by atoms with E-state index in [1.54, 1.807) is 24.3 Å². The maximum Gasteiger partial charge on any atom is 0.265 e. The SMILES string of the molecule is CCC(Oc1ccc(C)cc1)C(=O)Nc1cccc(C(=O)Nc2cccc(C)c2)c1. The number of ether oxygens (including phenoxy) is 1. The molecule has 0 aromatic heterocycles. The summed E-state index contributed by atoms with van der Waals surface area (Å²) in [4.78, 5) is 25.3. The molecule has 3 rings (SSSR count). The van der Waals surface area contributed by atoms with Gasteiger partial charge in [0.15, 0.2) is 6.10 Å². The first-order chi connectivity index (χ1) is 14.4. The van der Waals surface area contributed by atoms with Gasteiger partial charge in [-0.15, -0.1) is 0 Å². The Balaban J connectivity index is 1.66. The van der Waals surface area contributed by atoms with Crippen LogP contribution in [0.15, 0.2) is 72.8 Å². The number of hydrogen-bond donors (Lipinski definition) is 2. The zero-order chi connectivity index (χ0) is 21.5. The van der Waals surface area contributed by atoms with Crippen molar-refractivity contribution in [3.63, 3.8) is 0 Å². The maximum absolute atomic E-state index is 12.7. The molecule has 0 radical (unpaired) electrons. The van der Waals surface area contributed by atoms with Gasteiger partial charge in [0.1, 0.15) is 5.75 Å². The quantitative estimate of drug-likeness (QED) is 0.560. The molecule has 1 atom stereocenters. The summed E-state index contributed by atoms with van der Waals surface area (Å²) in [6, 6.07) is 22.0. The van der Waals surface area contributed by atoms with Gasteiger partial charge in [-0.05, 0) is 68.3 Å². The highest BCUT2D eigenvalue weighted by Gasteiger charge is 2.19. The number of rotatable bonds is 7. The normalized spacial score (nSPS) is 11.4. The second kappa shape index (κ2) is 9.74. The highest BCUT2D eigenvalue weighted by atomic mass is 16.5. The second-order valence-electron chi connectivity index (χ2n) is 7.22. The molecule has 0 aliphatic carbocycles. The van der Waals surface area contributed by atoms with Gasteiger partial charge < -0.3 is 15.4 Å². The second-order valence-corrected chi connectivity index (χ2v) is 7.22. The molecule has 5 heteroatoms. The lowest BCUT2D eigenvalue weighted by atomic mass is 10.1. The number of aryl methyl sites for hydroxylation is 2. The molecule has 2 N–H and O–H groups in total. The summed E-state index contributed by atoms with van der Waals surface area (Å²) in [5.41, 5.74) is 3.92. The van der Waals surface area contributed by atoms with E-state index < -0.39 is 6.10 Å². The Morgan fingerprint density at radius 3 is 2.17 bits per heavy atom. The van der Waals surface area contributed by atoms with Gasteiger partial charge in [-0.25, -0.2) is 0 Å². The third kappa shape index (κ3) is 5.70. The van der Waals surface area contributed by atoms with Crippen LogP contribution in [0.2, 0.25) is 0 Å². The lowest BCUT2D eigenvalue weighted by molar-refractivity contribution is -0.122. The fourth-order valence-electron chi connectivity index (χ4n) is 2.99. The number of hydrogen-bond acceptors (Lipinski definition) is 3. The lowest BCUT2D eigenvalue weighted by Gasteiger charge is -2.17. The van der Waals surface area contributed by atoms with Gasteiger partial charge in [-0.3, -0.25) is 9.59 Å². The predicted molar refractivity (Wildman–Crippen MR) is 120 cm³/mol. The first kappa shape index (κ1) is 21.1. The highest BCUT2D eigenvalue weighted by Crippen LogP contribution is 2.18. The number of anilines is 2. The van der Waals surface area contributed by atoms with Crippen LogP contribution in [0.25, 0.3) is 0 Å². The third-order valence-electron chi connectivity index (χ3n) is 4.63. The van der Waals surface area contributed by atoms with E-state index in [1.807, 2.05) is 69.3 Å². The Kier molecular flexibility index (Phi) is 6.86. The van der Waals surface area contributed by atoms with E-state index in [2.05, 4.69) is 10.6 Å². The summed E-state index contributed by atoms with van der Waals surface area (Å²) in [6.45, 7) is 5.86. The minimum Gasteiger partial charge on any atom is -0.481 e. The van der Waals surface area contributed by atoms with E-state index in [9.17, 15) is 9.59 Å². The lowest BCUT2D eigenvalue weighted by Crippen LogP contribution is -2.32. The van der Waals surface area contributed by atoms with Crippen molar-refractivity contribution in [2.24, 2.45) is 0 Å². The summed E-state index contributed by atoms with van der Waals surface area (Å²) in [5, 5.41) is 5.72. The minimum absolute atomic E-state index is 0.236. The van der Waals surface area contributed by atoms with Crippen LogP contribution in [0, 0.1) is 13.8 Å². The van der Waals surface area contributed by atoms with Gasteiger partial charge in [0.2, 0.25) is 0 Å². The van der Waals surface area contributed by atoms with Crippen molar-refractivity contribution in [1.29, 1.82) is 0 Å². The average molecular weight is 402 g/mol. The predicted octanol–water partition coefficient (Wildman–Crippen LogP) is 5.35. The molecule has 0 aliphatic heterocycles. The Hall–Kier alpha value is -3.60. The van der Waals surface area contributed by atoms with E-state index in [4.69, 9.17) is 4.74 Å². The number of benzene rings is 3. The van der Waals surface area contributed by atoms with E-state index in [0.29, 0.717) is 23.4 Å². The molecule has 0 spiro atoms. The summed E-state index contributed by atoms with van der Waals surface area (Å²) >= 11 is 0. The highest BCUT2D eigenvalue weighted by molar-refractivity contribution is 6.05. The average Bonchev–Trinajstić information content (AvgIpc) is 2.73. The van der Waals surface area contributed by atoms with Gasteiger partial charge in [0, 0.05) is 16.9 Å². The van der Waals surface area contributed by atoms with Crippen molar-refractivity contribution in [2.45, 2.75) is 33.3 Å². The summed E-state index contributed by atoms with van der Waals surface area (Å²) in [7, 11) is 0. The van der Waals surface area contributed by atoms with Crippen molar-refractivity contribution < 1.29 is 14.3 Å². The third-order valence-corrected chi connectivity index (χ3v) is 4.63.